The molecule has 0 radical (unpaired) electrons. The van der Waals surface area contributed by atoms with Gasteiger partial charge in [-0.2, -0.15) is 0 Å². The van der Waals surface area contributed by atoms with Gasteiger partial charge in [0.05, 0.1) is 18.2 Å². The van der Waals surface area contributed by atoms with Gasteiger partial charge in [0.2, 0.25) is 15.9 Å². The highest BCUT2D eigenvalue weighted by atomic mass is 35.5. The first-order valence-corrected chi connectivity index (χ1v) is 12.7. The van der Waals surface area contributed by atoms with Crippen LogP contribution in [-0.2, 0) is 26.8 Å². The van der Waals surface area contributed by atoms with E-state index in [1.54, 1.807) is 23.1 Å². The Balaban J connectivity index is 1.45. The zero-order valence-corrected chi connectivity index (χ0v) is 19.4. The highest BCUT2D eigenvalue weighted by molar-refractivity contribution is 7.89. The zero-order chi connectivity index (χ0) is 23.4. The summed E-state index contributed by atoms with van der Waals surface area (Å²) in [7, 11) is -3.67. The fourth-order valence-electron chi connectivity index (χ4n) is 4.82. The normalized spacial score (nSPS) is 21.2. The molecule has 1 N–H and O–H groups in total. The smallest absolute Gasteiger partial charge is 0.264 e. The Morgan fingerprint density at radius 3 is 2.55 bits per heavy atom. The number of carbonyl (C=O) groups excluding carboxylic acids is 2. The molecule has 8 heteroatoms. The Morgan fingerprint density at radius 1 is 1.09 bits per heavy atom. The number of anilines is 1. The summed E-state index contributed by atoms with van der Waals surface area (Å²) in [6.07, 6.45) is 1.67. The SMILES string of the molecule is CS(=O)(=O)NC(=O)c1cccc(CN2C(=O)[C@@]3(C[C@H]3c3ccc(Cl)cc3)c3ccccc32)c1. The highest BCUT2D eigenvalue weighted by Gasteiger charge is 2.67. The van der Waals surface area contributed by atoms with Crippen LogP contribution in [0.15, 0.2) is 72.8 Å². The molecule has 1 heterocycles. The van der Waals surface area contributed by atoms with Crippen LogP contribution in [0, 0.1) is 0 Å². The Morgan fingerprint density at radius 2 is 1.82 bits per heavy atom. The first-order valence-electron chi connectivity index (χ1n) is 10.5. The molecule has 0 saturated heterocycles. The number of para-hydroxylation sites is 1. The van der Waals surface area contributed by atoms with E-state index in [2.05, 4.69) is 0 Å². The third-order valence-corrected chi connectivity index (χ3v) is 7.15. The number of carbonyl (C=O) groups is 2. The second-order valence-corrected chi connectivity index (χ2v) is 10.8. The van der Waals surface area contributed by atoms with Crippen LogP contribution in [0.5, 0.6) is 0 Å². The number of amides is 2. The van der Waals surface area contributed by atoms with Crippen LogP contribution in [-0.4, -0.2) is 26.5 Å². The van der Waals surface area contributed by atoms with Gasteiger partial charge in [-0.05, 0) is 53.4 Å². The van der Waals surface area contributed by atoms with Crippen molar-refractivity contribution in [1.29, 1.82) is 0 Å². The summed E-state index contributed by atoms with van der Waals surface area (Å²) in [6, 6.07) is 22.1. The molecule has 1 spiro atoms. The number of hydrogen-bond acceptors (Lipinski definition) is 4. The third-order valence-electron chi connectivity index (χ3n) is 6.34. The molecule has 33 heavy (non-hydrogen) atoms. The van der Waals surface area contributed by atoms with Crippen LogP contribution in [0.2, 0.25) is 5.02 Å². The minimum atomic E-state index is -3.67. The van der Waals surface area contributed by atoms with Crippen LogP contribution < -0.4 is 9.62 Å². The van der Waals surface area contributed by atoms with E-state index in [0.29, 0.717) is 5.02 Å². The molecule has 1 aliphatic heterocycles. The maximum atomic E-state index is 13.7. The van der Waals surface area contributed by atoms with Crippen molar-refractivity contribution in [2.24, 2.45) is 0 Å². The molecule has 168 valence electrons. The van der Waals surface area contributed by atoms with E-state index < -0.39 is 21.3 Å². The fourth-order valence-corrected chi connectivity index (χ4v) is 5.40. The summed E-state index contributed by atoms with van der Waals surface area (Å²) in [5, 5.41) is 0.660. The molecule has 0 aromatic heterocycles. The lowest BCUT2D eigenvalue weighted by Crippen LogP contribution is -2.33. The zero-order valence-electron chi connectivity index (χ0n) is 17.8. The second kappa shape index (κ2) is 7.71. The number of benzene rings is 3. The molecule has 1 fully saturated rings. The van der Waals surface area contributed by atoms with E-state index in [9.17, 15) is 18.0 Å². The minimum absolute atomic E-state index is 0.0367. The Bertz CT molecular complexity index is 1390. The highest BCUT2D eigenvalue weighted by Crippen LogP contribution is 2.66. The number of halogens is 1. The number of sulfonamides is 1. The molecule has 3 aromatic rings. The third kappa shape index (κ3) is 3.81. The van der Waals surface area contributed by atoms with Gasteiger partial charge in [0, 0.05) is 22.2 Å². The molecule has 5 rings (SSSR count). The molecule has 0 unspecified atom stereocenters. The number of rotatable bonds is 5. The predicted molar refractivity (Wildman–Crippen MR) is 127 cm³/mol. The van der Waals surface area contributed by atoms with Crippen molar-refractivity contribution in [3.63, 3.8) is 0 Å². The lowest BCUT2D eigenvalue weighted by Gasteiger charge is -2.19. The maximum Gasteiger partial charge on any atom is 0.264 e. The van der Waals surface area contributed by atoms with Crippen LogP contribution >= 0.6 is 11.6 Å². The van der Waals surface area contributed by atoms with Gasteiger partial charge in [-0.25, -0.2) is 13.1 Å². The standard InChI is InChI=1S/C25H21ClN2O4S/c1-33(31,32)27-23(29)18-6-4-5-16(13-18)15-28-22-8-3-2-7-20(22)25(24(28)30)14-21(25)17-9-11-19(26)12-10-17/h2-13,21H,14-15H2,1H3,(H,27,29)/t21-,25-/m0/s1. The van der Waals surface area contributed by atoms with E-state index in [1.165, 1.54) is 0 Å². The maximum absolute atomic E-state index is 13.7. The van der Waals surface area contributed by atoms with Gasteiger partial charge >= 0.3 is 0 Å². The predicted octanol–water partition coefficient (Wildman–Crippen LogP) is 4.00. The van der Waals surface area contributed by atoms with E-state index in [1.807, 2.05) is 59.3 Å². The summed E-state index contributed by atoms with van der Waals surface area (Å²) >= 11 is 6.04. The van der Waals surface area contributed by atoms with Gasteiger partial charge in [0.1, 0.15) is 0 Å². The van der Waals surface area contributed by atoms with Crippen molar-refractivity contribution in [3.8, 4) is 0 Å². The minimum Gasteiger partial charge on any atom is -0.307 e. The van der Waals surface area contributed by atoms with Gasteiger partial charge in [-0.15, -0.1) is 0 Å². The van der Waals surface area contributed by atoms with E-state index in [-0.39, 0.29) is 23.9 Å². The summed E-state index contributed by atoms with van der Waals surface area (Å²) < 4.78 is 24.8. The van der Waals surface area contributed by atoms with E-state index in [0.717, 1.165) is 35.1 Å². The number of nitrogens with one attached hydrogen (secondary N) is 1. The topological polar surface area (TPSA) is 83.6 Å². The van der Waals surface area contributed by atoms with Crippen molar-refractivity contribution < 1.29 is 18.0 Å². The largest absolute Gasteiger partial charge is 0.307 e. The van der Waals surface area contributed by atoms with Crippen molar-refractivity contribution in [3.05, 3.63) is 100 Å². The molecule has 2 amide bonds. The molecular formula is C25H21ClN2O4S. The lowest BCUT2D eigenvalue weighted by atomic mass is 9.92. The van der Waals surface area contributed by atoms with Crippen molar-refractivity contribution in [2.45, 2.75) is 24.3 Å². The number of nitrogens with zero attached hydrogens (tertiary/aromatic N) is 1. The van der Waals surface area contributed by atoms with E-state index in [4.69, 9.17) is 11.6 Å². The first kappa shape index (κ1) is 21.7. The van der Waals surface area contributed by atoms with Gasteiger partial charge < -0.3 is 4.90 Å². The average molecular weight is 481 g/mol. The van der Waals surface area contributed by atoms with Crippen molar-refractivity contribution in [2.75, 3.05) is 11.2 Å². The molecular weight excluding hydrogens is 460 g/mol. The first-order chi connectivity index (χ1) is 15.7. The summed E-state index contributed by atoms with van der Waals surface area (Å²) in [6.45, 7) is 0.283. The summed E-state index contributed by atoms with van der Waals surface area (Å²) in [5.41, 5.74) is 3.34. The van der Waals surface area contributed by atoms with Gasteiger partial charge in [-0.3, -0.25) is 9.59 Å². The van der Waals surface area contributed by atoms with Crippen molar-refractivity contribution in [1.82, 2.24) is 4.72 Å². The Labute approximate surface area is 197 Å². The number of hydrogen-bond donors (Lipinski definition) is 1. The molecule has 0 bridgehead atoms. The summed E-state index contributed by atoms with van der Waals surface area (Å²) in [4.78, 5) is 27.8. The summed E-state index contributed by atoms with van der Waals surface area (Å²) in [5.74, 6) is -0.580. The number of fused-ring (bicyclic) bond motifs is 2. The molecule has 3 aromatic carbocycles. The molecule has 2 atom stereocenters. The second-order valence-electron chi connectivity index (χ2n) is 8.59. The van der Waals surface area contributed by atoms with Gasteiger partial charge in [-0.1, -0.05) is 54.1 Å². The Kier molecular flexibility index (Phi) is 5.06. The van der Waals surface area contributed by atoms with Crippen LogP contribution in [0.3, 0.4) is 0 Å². The van der Waals surface area contributed by atoms with Crippen LogP contribution in [0.4, 0.5) is 5.69 Å². The molecule has 6 nitrogen and oxygen atoms in total. The lowest BCUT2D eigenvalue weighted by molar-refractivity contribution is -0.120. The Hall–Kier alpha value is -3.16. The van der Waals surface area contributed by atoms with Crippen LogP contribution in [0.1, 0.15) is 39.4 Å². The monoisotopic (exact) mass is 480 g/mol. The fraction of sp³-hybridized carbons (Fsp3) is 0.200. The average Bonchev–Trinajstić information content (AvgIpc) is 3.48. The van der Waals surface area contributed by atoms with Crippen molar-refractivity contribution >= 4 is 39.1 Å². The van der Waals surface area contributed by atoms with Gasteiger partial charge in [0.15, 0.2) is 0 Å². The quantitative estimate of drug-likeness (QED) is 0.598. The van der Waals surface area contributed by atoms with Crippen LogP contribution in [0.25, 0.3) is 0 Å². The van der Waals surface area contributed by atoms with Gasteiger partial charge in [0.25, 0.3) is 5.91 Å². The molecule has 1 aliphatic carbocycles. The van der Waals surface area contributed by atoms with E-state index >= 15 is 0 Å². The molecule has 2 aliphatic rings. The molecule has 1 saturated carbocycles.